The maximum Gasteiger partial charge on any atom is 0.107 e. The fourth-order valence-corrected chi connectivity index (χ4v) is 3.71. The Bertz CT molecular complexity index is 353. The SMILES string of the molecule is CC1CCCC(N(C)Cc2nc(CCl)cs2)C1. The lowest BCUT2D eigenvalue weighted by Gasteiger charge is -2.33. The van der Waals surface area contributed by atoms with Gasteiger partial charge in [-0.3, -0.25) is 4.90 Å². The van der Waals surface area contributed by atoms with Crippen molar-refractivity contribution >= 4 is 22.9 Å². The van der Waals surface area contributed by atoms with Crippen molar-refractivity contribution in [2.75, 3.05) is 7.05 Å². The maximum absolute atomic E-state index is 5.78. The van der Waals surface area contributed by atoms with E-state index in [0.29, 0.717) is 5.88 Å². The second-order valence-corrected chi connectivity index (χ2v) is 6.42. The summed E-state index contributed by atoms with van der Waals surface area (Å²) in [5.41, 5.74) is 1.01. The second-order valence-electron chi connectivity index (χ2n) is 5.21. The smallest absolute Gasteiger partial charge is 0.107 e. The molecule has 1 heterocycles. The van der Waals surface area contributed by atoms with Gasteiger partial charge in [0.25, 0.3) is 0 Å². The molecule has 0 spiro atoms. The number of halogens is 1. The van der Waals surface area contributed by atoms with Crippen molar-refractivity contribution in [3.63, 3.8) is 0 Å². The van der Waals surface area contributed by atoms with Gasteiger partial charge in [0.15, 0.2) is 0 Å². The highest BCUT2D eigenvalue weighted by molar-refractivity contribution is 7.09. The van der Waals surface area contributed by atoms with Gasteiger partial charge < -0.3 is 0 Å². The van der Waals surface area contributed by atoms with Crippen LogP contribution in [0.4, 0.5) is 0 Å². The highest BCUT2D eigenvalue weighted by Gasteiger charge is 2.22. The van der Waals surface area contributed by atoms with Crippen LogP contribution in [0, 0.1) is 5.92 Å². The van der Waals surface area contributed by atoms with Gasteiger partial charge in [-0.2, -0.15) is 0 Å². The molecule has 0 saturated heterocycles. The van der Waals surface area contributed by atoms with Gasteiger partial charge in [0, 0.05) is 11.4 Å². The summed E-state index contributed by atoms with van der Waals surface area (Å²) in [7, 11) is 2.23. The highest BCUT2D eigenvalue weighted by atomic mass is 35.5. The van der Waals surface area contributed by atoms with Crippen molar-refractivity contribution in [2.45, 2.75) is 51.1 Å². The molecule has 0 aromatic carbocycles. The average Bonchev–Trinajstić information content (AvgIpc) is 2.77. The first kappa shape index (κ1) is 13.3. The van der Waals surface area contributed by atoms with E-state index >= 15 is 0 Å². The Morgan fingerprint density at radius 1 is 1.53 bits per heavy atom. The number of hydrogen-bond donors (Lipinski definition) is 0. The van der Waals surface area contributed by atoms with Gasteiger partial charge in [-0.25, -0.2) is 4.98 Å². The normalized spacial score (nSPS) is 25.4. The van der Waals surface area contributed by atoms with Crippen LogP contribution in [-0.2, 0) is 12.4 Å². The van der Waals surface area contributed by atoms with E-state index in [4.69, 9.17) is 11.6 Å². The maximum atomic E-state index is 5.78. The van der Waals surface area contributed by atoms with Crippen molar-refractivity contribution in [3.8, 4) is 0 Å². The van der Waals surface area contributed by atoms with E-state index in [1.165, 1.54) is 30.7 Å². The van der Waals surface area contributed by atoms with E-state index in [-0.39, 0.29) is 0 Å². The highest BCUT2D eigenvalue weighted by Crippen LogP contribution is 2.27. The van der Waals surface area contributed by atoms with E-state index < -0.39 is 0 Å². The van der Waals surface area contributed by atoms with E-state index in [1.807, 2.05) is 0 Å². The van der Waals surface area contributed by atoms with E-state index in [9.17, 15) is 0 Å². The summed E-state index contributed by atoms with van der Waals surface area (Å²) >= 11 is 7.51. The van der Waals surface area contributed by atoms with E-state index in [2.05, 4.69) is 29.2 Å². The summed E-state index contributed by atoms with van der Waals surface area (Å²) in [5.74, 6) is 1.41. The molecule has 0 radical (unpaired) electrons. The Labute approximate surface area is 113 Å². The monoisotopic (exact) mass is 272 g/mol. The molecule has 96 valence electrons. The molecule has 1 saturated carbocycles. The van der Waals surface area contributed by atoms with Crippen LogP contribution in [0.3, 0.4) is 0 Å². The fourth-order valence-electron chi connectivity index (χ4n) is 2.63. The predicted octanol–water partition coefficient (Wildman–Crippen LogP) is 3.89. The van der Waals surface area contributed by atoms with Crippen molar-refractivity contribution in [1.29, 1.82) is 0 Å². The molecule has 2 atom stereocenters. The Morgan fingerprint density at radius 3 is 3.00 bits per heavy atom. The van der Waals surface area contributed by atoms with Crippen LogP contribution < -0.4 is 0 Å². The molecule has 2 nitrogen and oxygen atoms in total. The topological polar surface area (TPSA) is 16.1 Å². The number of aromatic nitrogens is 1. The summed E-state index contributed by atoms with van der Waals surface area (Å²) < 4.78 is 0. The molecule has 17 heavy (non-hydrogen) atoms. The van der Waals surface area contributed by atoms with Crippen LogP contribution in [-0.4, -0.2) is 23.0 Å². The summed E-state index contributed by atoms with van der Waals surface area (Å²) in [6.07, 6.45) is 5.46. The van der Waals surface area contributed by atoms with Crippen molar-refractivity contribution in [2.24, 2.45) is 5.92 Å². The average molecular weight is 273 g/mol. The van der Waals surface area contributed by atoms with Gasteiger partial charge in [-0.1, -0.05) is 19.8 Å². The van der Waals surface area contributed by atoms with Crippen LogP contribution in [0.2, 0.25) is 0 Å². The largest absolute Gasteiger partial charge is 0.297 e. The predicted molar refractivity (Wildman–Crippen MR) is 74.6 cm³/mol. The minimum Gasteiger partial charge on any atom is -0.297 e. The Morgan fingerprint density at radius 2 is 2.35 bits per heavy atom. The molecule has 0 amide bonds. The van der Waals surface area contributed by atoms with Gasteiger partial charge in [-0.15, -0.1) is 22.9 Å². The van der Waals surface area contributed by atoms with E-state index in [1.54, 1.807) is 11.3 Å². The van der Waals surface area contributed by atoms with Gasteiger partial charge in [0.1, 0.15) is 5.01 Å². The zero-order valence-corrected chi connectivity index (χ0v) is 12.2. The molecule has 2 rings (SSSR count). The number of rotatable bonds is 4. The number of hydrogen-bond acceptors (Lipinski definition) is 3. The lowest BCUT2D eigenvalue weighted by atomic mass is 9.86. The molecular formula is C13H21ClN2S. The van der Waals surface area contributed by atoms with Crippen molar-refractivity contribution in [1.82, 2.24) is 9.88 Å². The first-order valence-electron chi connectivity index (χ1n) is 6.38. The Balaban J connectivity index is 1.89. The van der Waals surface area contributed by atoms with Gasteiger partial charge in [0.05, 0.1) is 18.1 Å². The zero-order valence-electron chi connectivity index (χ0n) is 10.7. The summed E-state index contributed by atoms with van der Waals surface area (Å²) in [6.45, 7) is 3.34. The van der Waals surface area contributed by atoms with Crippen molar-refractivity contribution in [3.05, 3.63) is 16.1 Å². The zero-order chi connectivity index (χ0) is 12.3. The molecule has 0 aliphatic heterocycles. The quantitative estimate of drug-likeness (QED) is 0.773. The van der Waals surface area contributed by atoms with Gasteiger partial charge in [-0.05, 0) is 25.8 Å². The lowest BCUT2D eigenvalue weighted by molar-refractivity contribution is 0.157. The summed E-state index contributed by atoms with van der Waals surface area (Å²) in [4.78, 5) is 6.99. The number of thiazole rings is 1. The fraction of sp³-hybridized carbons (Fsp3) is 0.769. The third-order valence-electron chi connectivity index (χ3n) is 3.65. The van der Waals surface area contributed by atoms with Crippen LogP contribution in [0.15, 0.2) is 5.38 Å². The summed E-state index contributed by atoms with van der Waals surface area (Å²) in [5, 5.41) is 3.26. The number of alkyl halides is 1. The molecule has 0 bridgehead atoms. The van der Waals surface area contributed by atoms with Crippen LogP contribution in [0.25, 0.3) is 0 Å². The van der Waals surface area contributed by atoms with Gasteiger partial charge in [0.2, 0.25) is 0 Å². The third-order valence-corrected chi connectivity index (χ3v) is 4.81. The van der Waals surface area contributed by atoms with E-state index in [0.717, 1.165) is 24.2 Å². The third kappa shape index (κ3) is 3.67. The summed E-state index contributed by atoms with van der Waals surface area (Å²) in [6, 6.07) is 0.738. The molecular weight excluding hydrogens is 252 g/mol. The number of nitrogens with zero attached hydrogens (tertiary/aromatic N) is 2. The molecule has 4 heteroatoms. The molecule has 1 fully saturated rings. The molecule has 2 unspecified atom stereocenters. The van der Waals surface area contributed by atoms with Crippen LogP contribution in [0.1, 0.15) is 43.3 Å². The molecule has 1 aliphatic carbocycles. The second kappa shape index (κ2) is 6.17. The Kier molecular flexibility index (Phi) is 4.83. The first-order valence-corrected chi connectivity index (χ1v) is 7.80. The minimum absolute atomic E-state index is 0.528. The standard InChI is InChI=1S/C13H21ClN2S/c1-10-4-3-5-12(6-10)16(2)8-13-15-11(7-14)9-17-13/h9-10,12H,3-8H2,1-2H3. The molecule has 1 aliphatic rings. The minimum atomic E-state index is 0.528. The lowest BCUT2D eigenvalue weighted by Crippen LogP contribution is -2.35. The molecule has 0 N–H and O–H groups in total. The van der Waals surface area contributed by atoms with Crippen LogP contribution >= 0.6 is 22.9 Å². The Hall–Kier alpha value is -0.120. The first-order chi connectivity index (χ1) is 8.19. The van der Waals surface area contributed by atoms with Crippen molar-refractivity contribution < 1.29 is 0 Å². The molecule has 1 aromatic heterocycles. The molecule has 1 aromatic rings. The van der Waals surface area contributed by atoms with Gasteiger partial charge >= 0.3 is 0 Å². The van der Waals surface area contributed by atoms with Crippen LogP contribution in [0.5, 0.6) is 0 Å².